The van der Waals surface area contributed by atoms with Gasteiger partial charge in [0.2, 0.25) is 0 Å². The zero-order valence-corrected chi connectivity index (χ0v) is 9.82. The number of aromatic nitrogens is 4. The summed E-state index contributed by atoms with van der Waals surface area (Å²) in [5, 5.41) is 10.0. The van der Waals surface area contributed by atoms with E-state index in [9.17, 15) is 0 Å². The molecule has 0 saturated heterocycles. The molecule has 74 valence electrons. The van der Waals surface area contributed by atoms with E-state index in [1.807, 2.05) is 29.9 Å². The van der Waals surface area contributed by atoms with Gasteiger partial charge < -0.3 is 0 Å². The molecule has 0 radical (unpaired) electrons. The average molecular weight is 226 g/mol. The quantitative estimate of drug-likeness (QED) is 0.578. The van der Waals surface area contributed by atoms with Crippen LogP contribution < -0.4 is 0 Å². The van der Waals surface area contributed by atoms with Crippen molar-refractivity contribution >= 4 is 29.2 Å². The summed E-state index contributed by atoms with van der Waals surface area (Å²) >= 11 is 3.18. The van der Waals surface area contributed by atoms with Crippen LogP contribution in [0.2, 0.25) is 0 Å². The van der Waals surface area contributed by atoms with Gasteiger partial charge in [0.1, 0.15) is 0 Å². The molecule has 0 saturated carbocycles. The molecule has 0 aliphatic heterocycles. The molecule has 0 unspecified atom stereocenters. The van der Waals surface area contributed by atoms with E-state index in [1.165, 1.54) is 0 Å². The van der Waals surface area contributed by atoms with Crippen molar-refractivity contribution in [2.45, 2.75) is 17.2 Å². The van der Waals surface area contributed by atoms with Gasteiger partial charge in [-0.15, -0.1) is 10.2 Å². The third-order valence-corrected chi connectivity index (χ3v) is 3.09. The highest BCUT2D eigenvalue weighted by atomic mass is 32.2. The molecule has 0 fully saturated rings. The van der Waals surface area contributed by atoms with Crippen molar-refractivity contribution in [2.24, 2.45) is 0 Å². The predicted molar refractivity (Wildman–Crippen MR) is 59.1 cm³/mol. The van der Waals surface area contributed by atoms with Gasteiger partial charge in [-0.25, -0.2) is 9.38 Å². The van der Waals surface area contributed by atoms with E-state index in [0.29, 0.717) is 0 Å². The highest BCUT2D eigenvalue weighted by molar-refractivity contribution is 7.99. The van der Waals surface area contributed by atoms with Crippen LogP contribution in [-0.2, 0) is 0 Å². The van der Waals surface area contributed by atoms with Gasteiger partial charge in [0, 0.05) is 11.8 Å². The maximum Gasteiger partial charge on any atom is 0.197 e. The van der Waals surface area contributed by atoms with E-state index in [2.05, 4.69) is 15.2 Å². The maximum atomic E-state index is 4.43. The molecule has 0 bridgehead atoms. The van der Waals surface area contributed by atoms with Crippen LogP contribution in [0.1, 0.15) is 5.69 Å². The van der Waals surface area contributed by atoms with Crippen LogP contribution in [0.25, 0.3) is 5.65 Å². The first-order chi connectivity index (χ1) is 6.76. The normalized spacial score (nSPS) is 11.1. The summed E-state index contributed by atoms with van der Waals surface area (Å²) in [5.74, 6) is 0. The van der Waals surface area contributed by atoms with Gasteiger partial charge >= 0.3 is 0 Å². The van der Waals surface area contributed by atoms with Gasteiger partial charge in [-0.05, 0) is 19.4 Å². The van der Waals surface area contributed by atoms with Gasteiger partial charge in [0.15, 0.2) is 16.0 Å². The van der Waals surface area contributed by atoms with E-state index < -0.39 is 0 Å². The molecule has 6 heteroatoms. The topological polar surface area (TPSA) is 43.1 Å². The Balaban J connectivity index is 2.78. The smallest absolute Gasteiger partial charge is 0.197 e. The molecular weight excluding hydrogens is 216 g/mol. The van der Waals surface area contributed by atoms with Gasteiger partial charge in [0.25, 0.3) is 0 Å². The molecule has 0 aliphatic carbocycles. The number of hydrogen-bond acceptors (Lipinski definition) is 5. The molecule has 2 heterocycles. The van der Waals surface area contributed by atoms with Crippen LogP contribution in [0, 0.1) is 6.92 Å². The molecule has 0 aromatic carbocycles. The average Bonchev–Trinajstić information content (AvgIpc) is 2.59. The molecular formula is C8H10N4S2. The number of fused-ring (bicyclic) bond motifs is 1. The Labute approximate surface area is 90.5 Å². The SMILES string of the molecule is CSc1nnc2cc(C)nc(SC)n12. The third-order valence-electron chi connectivity index (χ3n) is 1.82. The van der Waals surface area contributed by atoms with E-state index in [-0.39, 0.29) is 0 Å². The Morgan fingerprint density at radius 1 is 1.14 bits per heavy atom. The molecule has 4 nitrogen and oxygen atoms in total. The Kier molecular flexibility index (Phi) is 2.64. The highest BCUT2D eigenvalue weighted by Gasteiger charge is 2.09. The monoisotopic (exact) mass is 226 g/mol. The minimum Gasteiger partial charge on any atom is -0.248 e. The molecule has 2 aromatic heterocycles. The lowest BCUT2D eigenvalue weighted by Gasteiger charge is -2.03. The van der Waals surface area contributed by atoms with Crippen LogP contribution in [-0.4, -0.2) is 32.1 Å². The van der Waals surface area contributed by atoms with Crippen LogP contribution in [0.4, 0.5) is 0 Å². The number of aryl methyl sites for hydroxylation is 1. The van der Waals surface area contributed by atoms with Crippen molar-refractivity contribution in [3.63, 3.8) is 0 Å². The molecule has 0 N–H and O–H groups in total. The molecule has 2 rings (SSSR count). The molecule has 0 spiro atoms. The number of nitrogens with zero attached hydrogens (tertiary/aromatic N) is 4. The third kappa shape index (κ3) is 1.48. The zero-order chi connectivity index (χ0) is 10.1. The first-order valence-corrected chi connectivity index (χ1v) is 6.52. The van der Waals surface area contributed by atoms with Gasteiger partial charge in [-0.3, -0.25) is 0 Å². The summed E-state index contributed by atoms with van der Waals surface area (Å²) < 4.78 is 1.97. The van der Waals surface area contributed by atoms with Crippen LogP contribution in [0.5, 0.6) is 0 Å². The highest BCUT2D eigenvalue weighted by Crippen LogP contribution is 2.21. The second kappa shape index (κ2) is 3.78. The molecule has 14 heavy (non-hydrogen) atoms. The number of hydrogen-bond donors (Lipinski definition) is 0. The van der Waals surface area contributed by atoms with Crippen molar-refractivity contribution in [2.75, 3.05) is 12.5 Å². The summed E-state index contributed by atoms with van der Waals surface area (Å²) in [6.07, 6.45) is 3.99. The van der Waals surface area contributed by atoms with Gasteiger partial charge in [0.05, 0.1) is 0 Å². The predicted octanol–water partition coefficient (Wildman–Crippen LogP) is 1.88. The van der Waals surface area contributed by atoms with Crippen molar-refractivity contribution in [1.82, 2.24) is 19.6 Å². The van der Waals surface area contributed by atoms with Crippen LogP contribution >= 0.6 is 23.5 Å². The largest absolute Gasteiger partial charge is 0.248 e. The second-order valence-electron chi connectivity index (χ2n) is 2.76. The number of thioether (sulfide) groups is 2. The van der Waals surface area contributed by atoms with Gasteiger partial charge in [-0.1, -0.05) is 23.5 Å². The Hall–Kier alpha value is -0.750. The van der Waals surface area contributed by atoms with Crippen molar-refractivity contribution < 1.29 is 0 Å². The minimum absolute atomic E-state index is 0.867. The fraction of sp³-hybridized carbons (Fsp3) is 0.375. The summed E-state index contributed by atoms with van der Waals surface area (Å²) in [7, 11) is 0. The van der Waals surface area contributed by atoms with E-state index in [4.69, 9.17) is 0 Å². The Morgan fingerprint density at radius 2 is 1.86 bits per heavy atom. The van der Waals surface area contributed by atoms with Crippen LogP contribution in [0.3, 0.4) is 0 Å². The van der Waals surface area contributed by atoms with Crippen molar-refractivity contribution in [3.05, 3.63) is 11.8 Å². The fourth-order valence-electron chi connectivity index (χ4n) is 1.24. The molecule has 0 amide bonds. The standard InChI is InChI=1S/C8H10N4S2/c1-5-4-6-10-11-8(14-3)12(6)7(9-5)13-2/h4H,1-3H3. The Morgan fingerprint density at radius 3 is 2.50 bits per heavy atom. The van der Waals surface area contributed by atoms with Crippen molar-refractivity contribution in [3.8, 4) is 0 Å². The lowest BCUT2D eigenvalue weighted by molar-refractivity contribution is 0.796. The minimum atomic E-state index is 0.867. The van der Waals surface area contributed by atoms with Gasteiger partial charge in [-0.2, -0.15) is 0 Å². The second-order valence-corrected chi connectivity index (χ2v) is 4.31. The summed E-state index contributed by atoms with van der Waals surface area (Å²) in [6, 6.07) is 1.94. The zero-order valence-electron chi connectivity index (χ0n) is 8.18. The van der Waals surface area contributed by atoms with Crippen molar-refractivity contribution in [1.29, 1.82) is 0 Å². The fourth-order valence-corrected chi connectivity index (χ4v) is 2.38. The van der Waals surface area contributed by atoms with E-state index in [0.717, 1.165) is 21.7 Å². The maximum absolute atomic E-state index is 4.43. The summed E-state index contributed by atoms with van der Waals surface area (Å²) in [5.41, 5.74) is 1.84. The lowest BCUT2D eigenvalue weighted by atomic mass is 10.4. The first-order valence-electron chi connectivity index (χ1n) is 4.07. The Bertz CT molecular complexity index is 466. The van der Waals surface area contributed by atoms with E-state index >= 15 is 0 Å². The number of rotatable bonds is 2. The molecule has 2 aromatic rings. The van der Waals surface area contributed by atoms with Crippen LogP contribution in [0.15, 0.2) is 16.4 Å². The summed E-state index contributed by atoms with van der Waals surface area (Å²) in [6.45, 7) is 1.97. The van der Waals surface area contributed by atoms with E-state index in [1.54, 1.807) is 23.5 Å². The lowest BCUT2D eigenvalue weighted by Crippen LogP contribution is -1.97. The molecule has 0 atom stereocenters. The molecule has 0 aliphatic rings. The first kappa shape index (κ1) is 9.79. The summed E-state index contributed by atoms with van der Waals surface area (Å²) in [4.78, 5) is 4.43.